The maximum Gasteiger partial charge on any atom is 0.145 e. The first-order chi connectivity index (χ1) is 10.1. The molecule has 1 N–H and O–H groups in total. The van der Waals surface area contributed by atoms with Crippen LogP contribution in [0.2, 0.25) is 5.02 Å². The maximum absolute atomic E-state index is 13.4. The van der Waals surface area contributed by atoms with Crippen LogP contribution in [0.15, 0.2) is 34.9 Å². The topological polar surface area (TPSA) is 34.1 Å². The second kappa shape index (κ2) is 7.73. The van der Waals surface area contributed by atoms with E-state index in [1.165, 1.54) is 12.1 Å². The van der Waals surface area contributed by atoms with Gasteiger partial charge in [0, 0.05) is 18.8 Å². The zero-order valence-corrected chi connectivity index (χ0v) is 13.8. The lowest BCUT2D eigenvalue weighted by atomic mass is 10.2. The average molecular weight is 374 g/mol. The van der Waals surface area contributed by atoms with Crippen LogP contribution in [-0.2, 0) is 13.2 Å². The van der Waals surface area contributed by atoms with E-state index < -0.39 is 5.82 Å². The molecular weight excluding hydrogens is 359 g/mol. The number of benzene rings is 1. The highest BCUT2D eigenvalue weighted by Crippen LogP contribution is 2.30. The molecule has 3 nitrogen and oxygen atoms in total. The van der Waals surface area contributed by atoms with Crippen molar-refractivity contribution in [2.24, 2.45) is 0 Å². The Morgan fingerprint density at radius 2 is 2.19 bits per heavy atom. The Hall–Kier alpha value is -1.17. The van der Waals surface area contributed by atoms with Crippen molar-refractivity contribution in [3.8, 4) is 5.75 Å². The van der Waals surface area contributed by atoms with Gasteiger partial charge < -0.3 is 10.1 Å². The summed E-state index contributed by atoms with van der Waals surface area (Å²) < 4.78 is 19.6. The highest BCUT2D eigenvalue weighted by molar-refractivity contribution is 9.10. The lowest BCUT2D eigenvalue weighted by Gasteiger charge is -2.09. The van der Waals surface area contributed by atoms with Crippen LogP contribution in [0.1, 0.15) is 18.2 Å². The normalized spacial score (nSPS) is 10.7. The summed E-state index contributed by atoms with van der Waals surface area (Å²) in [4.78, 5) is 4.32. The summed E-state index contributed by atoms with van der Waals surface area (Å²) in [6.45, 7) is 4.03. The lowest BCUT2D eigenvalue weighted by molar-refractivity contribution is 0.298. The largest absolute Gasteiger partial charge is 0.486 e. The molecule has 1 heterocycles. The summed E-state index contributed by atoms with van der Waals surface area (Å²) >= 11 is 8.97. The van der Waals surface area contributed by atoms with Gasteiger partial charge in [0.1, 0.15) is 18.2 Å². The molecule has 1 aromatic carbocycles. The quantitative estimate of drug-likeness (QED) is 0.766. The average Bonchev–Trinajstić information content (AvgIpc) is 2.48. The minimum absolute atomic E-state index is 0.0557. The van der Waals surface area contributed by atoms with E-state index >= 15 is 0 Å². The van der Waals surface area contributed by atoms with Gasteiger partial charge >= 0.3 is 0 Å². The number of pyridine rings is 1. The molecule has 112 valence electrons. The fraction of sp³-hybridized carbons (Fsp3) is 0.267. The van der Waals surface area contributed by atoms with Crippen LogP contribution < -0.4 is 10.1 Å². The Kier molecular flexibility index (Phi) is 5.96. The third-order valence-corrected chi connectivity index (χ3v) is 3.72. The van der Waals surface area contributed by atoms with E-state index in [4.69, 9.17) is 16.3 Å². The Balaban J connectivity index is 1.98. The van der Waals surface area contributed by atoms with Crippen LogP contribution in [0.3, 0.4) is 0 Å². The molecule has 0 unspecified atom stereocenters. The molecule has 0 aliphatic carbocycles. The van der Waals surface area contributed by atoms with E-state index in [2.05, 4.69) is 33.2 Å². The Labute approximate surface area is 136 Å². The van der Waals surface area contributed by atoms with Crippen LogP contribution in [0.25, 0.3) is 0 Å². The van der Waals surface area contributed by atoms with Crippen molar-refractivity contribution in [1.82, 2.24) is 10.3 Å². The fourth-order valence-electron chi connectivity index (χ4n) is 1.68. The highest BCUT2D eigenvalue weighted by atomic mass is 79.9. The minimum Gasteiger partial charge on any atom is -0.486 e. The van der Waals surface area contributed by atoms with Crippen molar-refractivity contribution < 1.29 is 9.13 Å². The number of ether oxygens (including phenoxy) is 1. The predicted molar refractivity (Wildman–Crippen MR) is 85.1 cm³/mol. The molecule has 1 aromatic heterocycles. The Bertz CT molecular complexity index is 607. The zero-order valence-electron chi connectivity index (χ0n) is 11.5. The van der Waals surface area contributed by atoms with Gasteiger partial charge in [-0.15, -0.1) is 0 Å². The smallest absolute Gasteiger partial charge is 0.145 e. The number of halogens is 3. The summed E-state index contributed by atoms with van der Waals surface area (Å²) in [5, 5.41) is 3.28. The van der Waals surface area contributed by atoms with E-state index in [1.807, 2.05) is 12.1 Å². The second-order valence-electron chi connectivity index (χ2n) is 4.42. The first-order valence-corrected chi connectivity index (χ1v) is 7.69. The zero-order chi connectivity index (χ0) is 15.2. The van der Waals surface area contributed by atoms with Crippen LogP contribution in [-0.4, -0.2) is 11.5 Å². The first-order valence-electron chi connectivity index (χ1n) is 6.52. The molecule has 0 bridgehead atoms. The minimum atomic E-state index is -0.510. The van der Waals surface area contributed by atoms with Crippen LogP contribution in [0.5, 0.6) is 5.75 Å². The molecule has 0 radical (unpaired) electrons. The summed E-state index contributed by atoms with van der Waals surface area (Å²) in [6, 6.07) is 6.61. The molecule has 21 heavy (non-hydrogen) atoms. The Morgan fingerprint density at radius 3 is 2.86 bits per heavy atom. The monoisotopic (exact) mass is 372 g/mol. The van der Waals surface area contributed by atoms with E-state index in [9.17, 15) is 4.39 Å². The van der Waals surface area contributed by atoms with Crippen LogP contribution >= 0.6 is 27.5 Å². The SMILES string of the molecule is CCNCc1ccc(COc2cc(F)c(Cl)cc2Br)nc1. The summed E-state index contributed by atoms with van der Waals surface area (Å²) in [5.74, 6) is -0.112. The van der Waals surface area contributed by atoms with Crippen molar-refractivity contribution in [2.75, 3.05) is 6.54 Å². The van der Waals surface area contributed by atoms with E-state index in [-0.39, 0.29) is 11.6 Å². The van der Waals surface area contributed by atoms with E-state index in [1.54, 1.807) is 6.20 Å². The molecule has 0 fully saturated rings. The molecule has 0 amide bonds. The van der Waals surface area contributed by atoms with Gasteiger partial charge in [-0.25, -0.2) is 4.39 Å². The van der Waals surface area contributed by atoms with Crippen molar-refractivity contribution in [1.29, 1.82) is 0 Å². The Morgan fingerprint density at radius 1 is 1.38 bits per heavy atom. The van der Waals surface area contributed by atoms with Crippen LogP contribution in [0, 0.1) is 5.82 Å². The van der Waals surface area contributed by atoms with Crippen molar-refractivity contribution in [3.63, 3.8) is 0 Å². The molecule has 6 heteroatoms. The first kappa shape index (κ1) is 16.2. The van der Waals surface area contributed by atoms with Gasteiger partial charge in [0.2, 0.25) is 0 Å². The summed E-state index contributed by atoms with van der Waals surface area (Å²) in [5.41, 5.74) is 1.89. The van der Waals surface area contributed by atoms with Crippen LogP contribution in [0.4, 0.5) is 4.39 Å². The predicted octanol–water partition coefficient (Wildman–Crippen LogP) is 4.33. The van der Waals surface area contributed by atoms with E-state index in [0.29, 0.717) is 10.2 Å². The number of nitrogens with one attached hydrogen (secondary N) is 1. The van der Waals surface area contributed by atoms with Gasteiger partial charge in [-0.2, -0.15) is 0 Å². The molecule has 0 atom stereocenters. The molecule has 2 aromatic rings. The van der Waals surface area contributed by atoms with Gasteiger partial charge in [-0.1, -0.05) is 24.6 Å². The van der Waals surface area contributed by atoms with Gasteiger partial charge in [0.25, 0.3) is 0 Å². The van der Waals surface area contributed by atoms with Gasteiger partial charge in [0.15, 0.2) is 0 Å². The number of aromatic nitrogens is 1. The number of hydrogen-bond acceptors (Lipinski definition) is 3. The van der Waals surface area contributed by atoms with Gasteiger partial charge in [0.05, 0.1) is 15.2 Å². The number of rotatable bonds is 6. The molecule has 0 saturated heterocycles. The van der Waals surface area contributed by atoms with Gasteiger partial charge in [-0.3, -0.25) is 4.98 Å². The van der Waals surface area contributed by atoms with Crippen molar-refractivity contribution >= 4 is 27.5 Å². The molecular formula is C15H15BrClFN2O. The van der Waals surface area contributed by atoms with E-state index in [0.717, 1.165) is 24.3 Å². The summed E-state index contributed by atoms with van der Waals surface area (Å²) in [6.07, 6.45) is 1.80. The van der Waals surface area contributed by atoms with Crippen molar-refractivity contribution in [2.45, 2.75) is 20.1 Å². The second-order valence-corrected chi connectivity index (χ2v) is 5.69. The molecule has 0 aliphatic rings. The maximum atomic E-state index is 13.4. The third kappa shape index (κ3) is 4.66. The lowest BCUT2D eigenvalue weighted by Crippen LogP contribution is -2.12. The summed E-state index contributed by atoms with van der Waals surface area (Å²) in [7, 11) is 0. The highest BCUT2D eigenvalue weighted by Gasteiger charge is 2.08. The van der Waals surface area contributed by atoms with Crippen molar-refractivity contribution in [3.05, 3.63) is 57.0 Å². The third-order valence-electron chi connectivity index (χ3n) is 2.82. The number of nitrogens with zero attached hydrogens (tertiary/aromatic N) is 1. The molecule has 0 spiro atoms. The fourth-order valence-corrected chi connectivity index (χ4v) is 2.43. The molecule has 0 saturated carbocycles. The molecule has 2 rings (SSSR count). The number of hydrogen-bond donors (Lipinski definition) is 1. The molecule has 0 aliphatic heterocycles. The van der Waals surface area contributed by atoms with Gasteiger partial charge in [-0.05, 0) is 40.2 Å². The standard InChI is InChI=1S/C15H15BrClFN2O/c1-2-19-7-10-3-4-11(20-8-10)9-21-15-6-14(18)13(17)5-12(15)16/h3-6,8,19H,2,7,9H2,1H3.